The summed E-state index contributed by atoms with van der Waals surface area (Å²) in [5, 5.41) is 2.80. The van der Waals surface area contributed by atoms with Gasteiger partial charge in [0.1, 0.15) is 5.75 Å². The second kappa shape index (κ2) is 9.49. The Morgan fingerprint density at radius 3 is 2.39 bits per heavy atom. The fourth-order valence-corrected chi connectivity index (χ4v) is 4.90. The van der Waals surface area contributed by atoms with Crippen LogP contribution in [0.1, 0.15) is 37.6 Å². The summed E-state index contributed by atoms with van der Waals surface area (Å²) >= 11 is 0. The first-order valence-corrected chi connectivity index (χ1v) is 11.7. The summed E-state index contributed by atoms with van der Waals surface area (Å²) in [6, 6.07) is 11.0. The highest BCUT2D eigenvalue weighted by molar-refractivity contribution is 7.89. The first-order chi connectivity index (χ1) is 14.8. The number of nitrogens with one attached hydrogen (secondary N) is 1. The smallest absolute Gasteiger partial charge is 0.265 e. The molecule has 1 N–H and O–H groups in total. The summed E-state index contributed by atoms with van der Waals surface area (Å²) in [5.41, 5.74) is 1.47. The molecule has 0 aromatic heterocycles. The zero-order valence-corrected chi connectivity index (χ0v) is 18.7. The Hall–Kier alpha value is -2.91. The molecule has 8 nitrogen and oxygen atoms in total. The number of amides is 2. The molecule has 3 rings (SSSR count). The number of ether oxygens (including phenoxy) is 1. The van der Waals surface area contributed by atoms with Gasteiger partial charge in [0.05, 0.1) is 10.6 Å². The van der Waals surface area contributed by atoms with Crippen molar-refractivity contribution in [2.45, 2.75) is 32.1 Å². The van der Waals surface area contributed by atoms with Gasteiger partial charge in [-0.3, -0.25) is 9.59 Å². The molecule has 0 bridgehead atoms. The van der Waals surface area contributed by atoms with E-state index in [0.29, 0.717) is 42.3 Å². The van der Waals surface area contributed by atoms with Gasteiger partial charge in [-0.2, -0.15) is 4.31 Å². The number of benzene rings is 2. The molecule has 1 heterocycles. The minimum absolute atomic E-state index is 0.00144. The van der Waals surface area contributed by atoms with Gasteiger partial charge in [0.25, 0.3) is 11.8 Å². The molecule has 0 fully saturated rings. The van der Waals surface area contributed by atoms with Crippen molar-refractivity contribution < 1.29 is 22.7 Å². The van der Waals surface area contributed by atoms with E-state index in [0.717, 1.165) is 6.42 Å². The van der Waals surface area contributed by atoms with Crippen LogP contribution in [0.5, 0.6) is 5.75 Å². The monoisotopic (exact) mass is 445 g/mol. The molecule has 0 unspecified atom stereocenters. The van der Waals surface area contributed by atoms with Crippen molar-refractivity contribution in [3.8, 4) is 5.75 Å². The summed E-state index contributed by atoms with van der Waals surface area (Å²) in [6.07, 6.45) is 0.796. The van der Waals surface area contributed by atoms with Gasteiger partial charge in [-0.25, -0.2) is 8.42 Å². The van der Waals surface area contributed by atoms with Crippen LogP contribution in [0.4, 0.5) is 11.4 Å². The lowest BCUT2D eigenvalue weighted by molar-refractivity contribution is -0.121. The molecule has 2 aromatic rings. The van der Waals surface area contributed by atoms with Crippen molar-refractivity contribution in [2.24, 2.45) is 0 Å². The average molecular weight is 446 g/mol. The van der Waals surface area contributed by atoms with Crippen molar-refractivity contribution in [1.82, 2.24) is 4.31 Å². The van der Waals surface area contributed by atoms with Crippen LogP contribution >= 0.6 is 0 Å². The van der Waals surface area contributed by atoms with E-state index < -0.39 is 10.0 Å². The molecule has 9 heteroatoms. The minimum atomic E-state index is -3.58. The molecular weight excluding hydrogens is 418 g/mol. The second-order valence-corrected chi connectivity index (χ2v) is 9.02. The van der Waals surface area contributed by atoms with E-state index in [1.165, 1.54) is 28.6 Å². The molecule has 0 atom stereocenters. The zero-order chi connectivity index (χ0) is 22.6. The summed E-state index contributed by atoms with van der Waals surface area (Å²) in [7, 11) is -3.58. The van der Waals surface area contributed by atoms with Gasteiger partial charge in [0.15, 0.2) is 6.61 Å². The number of anilines is 2. The summed E-state index contributed by atoms with van der Waals surface area (Å²) in [4.78, 5) is 26.6. The highest BCUT2D eigenvalue weighted by Gasteiger charge is 2.25. The second-order valence-electron chi connectivity index (χ2n) is 7.08. The maximum absolute atomic E-state index is 12.7. The van der Waals surface area contributed by atoms with Gasteiger partial charge >= 0.3 is 0 Å². The fourth-order valence-electron chi connectivity index (χ4n) is 3.44. The van der Waals surface area contributed by atoms with Crippen LogP contribution in [0, 0.1) is 0 Å². The molecule has 166 valence electrons. The third kappa shape index (κ3) is 4.72. The molecule has 2 amide bonds. The maximum atomic E-state index is 12.7. The average Bonchev–Trinajstić information content (AvgIpc) is 2.76. The van der Waals surface area contributed by atoms with Crippen LogP contribution in [0.3, 0.4) is 0 Å². The number of rotatable bonds is 8. The number of sulfonamides is 1. The SMILES string of the molecule is CCCN1C(=O)COc2ccc(NC(=O)c3ccc(S(=O)(=O)N(CC)CC)cc3)cc21. The van der Waals surface area contributed by atoms with Crippen LogP contribution in [-0.2, 0) is 14.8 Å². The molecule has 0 saturated heterocycles. The third-order valence-electron chi connectivity index (χ3n) is 5.07. The Kier molecular flexibility index (Phi) is 6.97. The first-order valence-electron chi connectivity index (χ1n) is 10.3. The highest BCUT2D eigenvalue weighted by atomic mass is 32.2. The molecule has 1 aliphatic heterocycles. The molecular formula is C22H27N3O5S. The summed E-state index contributed by atoms with van der Waals surface area (Å²) < 4.78 is 32.0. The van der Waals surface area contributed by atoms with E-state index >= 15 is 0 Å². The predicted molar refractivity (Wildman–Crippen MR) is 119 cm³/mol. The van der Waals surface area contributed by atoms with Gasteiger partial charge in [0.2, 0.25) is 10.0 Å². The molecule has 0 aliphatic carbocycles. The van der Waals surface area contributed by atoms with Crippen LogP contribution in [0.15, 0.2) is 47.4 Å². The molecule has 31 heavy (non-hydrogen) atoms. The Morgan fingerprint density at radius 2 is 1.77 bits per heavy atom. The largest absolute Gasteiger partial charge is 0.482 e. The fraction of sp³-hybridized carbons (Fsp3) is 0.364. The number of hydrogen-bond acceptors (Lipinski definition) is 5. The van der Waals surface area contributed by atoms with Crippen LogP contribution < -0.4 is 15.0 Å². The van der Waals surface area contributed by atoms with Gasteiger partial charge in [0, 0.05) is 30.9 Å². The number of fused-ring (bicyclic) bond motifs is 1. The Balaban J connectivity index is 1.79. The minimum Gasteiger partial charge on any atom is -0.482 e. The molecule has 1 aliphatic rings. The van der Waals surface area contributed by atoms with Crippen molar-refractivity contribution in [2.75, 3.05) is 36.5 Å². The molecule has 0 spiro atoms. The lowest BCUT2D eigenvalue weighted by atomic mass is 10.1. The molecule has 2 aromatic carbocycles. The number of hydrogen-bond donors (Lipinski definition) is 1. The topological polar surface area (TPSA) is 96.0 Å². The standard InChI is InChI=1S/C22H27N3O5S/c1-4-13-25-19-14-17(9-12-20(19)30-15-21(25)26)23-22(27)16-7-10-18(11-8-16)31(28,29)24(5-2)6-3/h7-12,14H,4-6,13,15H2,1-3H3,(H,23,27). The quantitative estimate of drug-likeness (QED) is 0.674. The normalized spacial score (nSPS) is 13.7. The Labute approximate surface area is 182 Å². The first kappa shape index (κ1) is 22.8. The van der Waals surface area contributed by atoms with E-state index in [9.17, 15) is 18.0 Å². The zero-order valence-electron chi connectivity index (χ0n) is 17.9. The van der Waals surface area contributed by atoms with E-state index in [2.05, 4.69) is 5.32 Å². The van der Waals surface area contributed by atoms with Crippen molar-refractivity contribution in [3.63, 3.8) is 0 Å². The predicted octanol–water partition coefficient (Wildman–Crippen LogP) is 3.10. The van der Waals surface area contributed by atoms with Crippen LogP contribution in [-0.4, -0.2) is 50.8 Å². The lowest BCUT2D eigenvalue weighted by Gasteiger charge is -2.29. The van der Waals surface area contributed by atoms with Gasteiger partial charge in [-0.15, -0.1) is 0 Å². The summed E-state index contributed by atoms with van der Waals surface area (Å²) in [6.45, 7) is 6.86. The van der Waals surface area contributed by atoms with E-state index in [-0.39, 0.29) is 23.3 Å². The Bertz CT molecular complexity index is 1060. The van der Waals surface area contributed by atoms with Crippen LogP contribution in [0.2, 0.25) is 0 Å². The lowest BCUT2D eigenvalue weighted by Crippen LogP contribution is -2.39. The van der Waals surface area contributed by atoms with Crippen molar-refractivity contribution >= 4 is 33.2 Å². The highest BCUT2D eigenvalue weighted by Crippen LogP contribution is 2.34. The van der Waals surface area contributed by atoms with Crippen molar-refractivity contribution in [3.05, 3.63) is 48.0 Å². The third-order valence-corrected chi connectivity index (χ3v) is 7.13. The molecule has 0 radical (unpaired) electrons. The van der Waals surface area contributed by atoms with Gasteiger partial charge < -0.3 is 15.0 Å². The van der Waals surface area contributed by atoms with Gasteiger partial charge in [-0.1, -0.05) is 20.8 Å². The number of carbonyl (C=O) groups excluding carboxylic acids is 2. The maximum Gasteiger partial charge on any atom is 0.265 e. The van der Waals surface area contributed by atoms with Gasteiger partial charge in [-0.05, 0) is 48.9 Å². The van der Waals surface area contributed by atoms with E-state index in [1.54, 1.807) is 36.9 Å². The summed E-state index contributed by atoms with van der Waals surface area (Å²) in [5.74, 6) is 0.0941. The van der Waals surface area contributed by atoms with Crippen LogP contribution in [0.25, 0.3) is 0 Å². The van der Waals surface area contributed by atoms with E-state index in [4.69, 9.17) is 4.74 Å². The molecule has 0 saturated carbocycles. The van der Waals surface area contributed by atoms with E-state index in [1.807, 2.05) is 6.92 Å². The Morgan fingerprint density at radius 1 is 1.10 bits per heavy atom. The number of nitrogens with zero attached hydrogens (tertiary/aromatic N) is 2. The number of carbonyl (C=O) groups is 2. The van der Waals surface area contributed by atoms with Crippen molar-refractivity contribution in [1.29, 1.82) is 0 Å².